The van der Waals surface area contributed by atoms with Crippen LogP contribution in [-0.2, 0) is 22.5 Å². The molecule has 4 nitrogen and oxygen atoms in total. The summed E-state index contributed by atoms with van der Waals surface area (Å²) in [5, 5.41) is 0. The maximum Gasteiger partial charge on any atom is 0.305 e. The Bertz CT molecular complexity index is 412. The lowest BCUT2D eigenvalue weighted by Crippen LogP contribution is -2.09. The van der Waals surface area contributed by atoms with Crippen LogP contribution in [0, 0.1) is 0 Å². The molecule has 0 saturated carbocycles. The number of esters is 1. The van der Waals surface area contributed by atoms with Crippen molar-refractivity contribution in [1.29, 1.82) is 0 Å². The molecule has 1 aliphatic rings. The second-order valence-electron chi connectivity index (χ2n) is 5.01. The van der Waals surface area contributed by atoms with Crippen LogP contribution in [-0.4, -0.2) is 17.6 Å². The molecular formula is C14H22N2O2. The number of fused-ring (bicyclic) bond motifs is 1. The number of hydrogen-bond donors (Lipinski definition) is 1. The lowest BCUT2D eigenvalue weighted by molar-refractivity contribution is -0.140. The summed E-state index contributed by atoms with van der Waals surface area (Å²) in [5.41, 5.74) is 8.85. The van der Waals surface area contributed by atoms with Crippen molar-refractivity contribution in [3.63, 3.8) is 0 Å². The fourth-order valence-corrected chi connectivity index (χ4v) is 2.59. The van der Waals surface area contributed by atoms with E-state index in [4.69, 9.17) is 5.73 Å². The minimum atomic E-state index is -0.138. The van der Waals surface area contributed by atoms with Gasteiger partial charge in [-0.3, -0.25) is 4.79 Å². The summed E-state index contributed by atoms with van der Waals surface area (Å²) in [7, 11) is 1.43. The topological polar surface area (TPSA) is 57.2 Å². The summed E-state index contributed by atoms with van der Waals surface area (Å²) in [6.45, 7) is 0.856. The molecule has 1 aromatic heterocycles. The van der Waals surface area contributed by atoms with E-state index < -0.39 is 0 Å². The average Bonchev–Trinajstić information content (AvgIpc) is 2.70. The Balaban J connectivity index is 1.95. The molecule has 1 aliphatic carbocycles. The molecular weight excluding hydrogens is 228 g/mol. The SMILES string of the molecule is COC(=O)CCCn1cc2c(c1)C(N)CCCC2. The molecule has 0 saturated heterocycles. The van der Waals surface area contributed by atoms with E-state index in [0.29, 0.717) is 6.42 Å². The molecule has 100 valence electrons. The van der Waals surface area contributed by atoms with E-state index in [1.54, 1.807) is 0 Å². The molecule has 4 heteroatoms. The van der Waals surface area contributed by atoms with Crippen molar-refractivity contribution >= 4 is 5.97 Å². The summed E-state index contributed by atoms with van der Waals surface area (Å²) < 4.78 is 6.80. The van der Waals surface area contributed by atoms with Gasteiger partial charge in [0.2, 0.25) is 0 Å². The lowest BCUT2D eigenvalue weighted by atomic mass is 10.1. The molecule has 0 aromatic carbocycles. The normalized spacial score (nSPS) is 19.1. The smallest absolute Gasteiger partial charge is 0.305 e. The zero-order chi connectivity index (χ0) is 13.0. The molecule has 0 aliphatic heterocycles. The fraction of sp³-hybridized carbons (Fsp3) is 0.643. The molecule has 1 heterocycles. The molecule has 0 amide bonds. The number of aromatic nitrogens is 1. The van der Waals surface area contributed by atoms with Gasteiger partial charge in [0.1, 0.15) is 0 Å². The van der Waals surface area contributed by atoms with E-state index in [9.17, 15) is 4.79 Å². The maximum atomic E-state index is 11.0. The molecule has 1 unspecified atom stereocenters. The van der Waals surface area contributed by atoms with Gasteiger partial charge < -0.3 is 15.0 Å². The number of aryl methyl sites for hydroxylation is 2. The van der Waals surface area contributed by atoms with Crippen LogP contribution in [0.1, 0.15) is 49.3 Å². The highest BCUT2D eigenvalue weighted by molar-refractivity contribution is 5.68. The second-order valence-corrected chi connectivity index (χ2v) is 5.01. The van der Waals surface area contributed by atoms with Gasteiger partial charge in [0.15, 0.2) is 0 Å². The van der Waals surface area contributed by atoms with Gasteiger partial charge in [-0.05, 0) is 36.8 Å². The quantitative estimate of drug-likeness (QED) is 0.658. The first-order valence-electron chi connectivity index (χ1n) is 6.71. The Labute approximate surface area is 108 Å². The predicted octanol–water partition coefficient (Wildman–Crippen LogP) is 2.17. The highest BCUT2D eigenvalue weighted by atomic mass is 16.5. The van der Waals surface area contributed by atoms with E-state index in [2.05, 4.69) is 21.7 Å². The third kappa shape index (κ3) is 3.13. The molecule has 0 spiro atoms. The maximum absolute atomic E-state index is 11.0. The van der Waals surface area contributed by atoms with Crippen molar-refractivity contribution in [3.8, 4) is 0 Å². The van der Waals surface area contributed by atoms with E-state index >= 15 is 0 Å². The van der Waals surface area contributed by atoms with Gasteiger partial charge in [0.05, 0.1) is 7.11 Å². The summed E-state index contributed by atoms with van der Waals surface area (Å²) in [6, 6.07) is 0.185. The third-order valence-electron chi connectivity index (χ3n) is 3.63. The summed E-state index contributed by atoms with van der Waals surface area (Å²) in [6.07, 6.45) is 10.3. The average molecular weight is 250 g/mol. The molecule has 0 fully saturated rings. The van der Waals surface area contributed by atoms with Gasteiger partial charge in [0.25, 0.3) is 0 Å². The molecule has 2 rings (SSSR count). The number of carbonyl (C=O) groups is 1. The predicted molar refractivity (Wildman–Crippen MR) is 70.2 cm³/mol. The summed E-state index contributed by atoms with van der Waals surface area (Å²) in [5.74, 6) is -0.138. The largest absolute Gasteiger partial charge is 0.469 e. The van der Waals surface area contributed by atoms with Gasteiger partial charge in [-0.2, -0.15) is 0 Å². The Morgan fingerprint density at radius 1 is 1.50 bits per heavy atom. The van der Waals surface area contributed by atoms with Gasteiger partial charge >= 0.3 is 5.97 Å². The molecule has 0 radical (unpaired) electrons. The van der Waals surface area contributed by atoms with Crippen molar-refractivity contribution in [1.82, 2.24) is 4.57 Å². The van der Waals surface area contributed by atoms with Crippen LogP contribution in [0.3, 0.4) is 0 Å². The number of rotatable bonds is 4. The number of carbonyl (C=O) groups excluding carboxylic acids is 1. The van der Waals surface area contributed by atoms with Crippen LogP contribution in [0.5, 0.6) is 0 Å². The minimum Gasteiger partial charge on any atom is -0.469 e. The molecule has 2 N–H and O–H groups in total. The second kappa shape index (κ2) is 6.05. The van der Waals surface area contributed by atoms with E-state index in [0.717, 1.165) is 25.8 Å². The Hall–Kier alpha value is -1.29. The van der Waals surface area contributed by atoms with E-state index in [1.807, 2.05) is 0 Å². The van der Waals surface area contributed by atoms with Gasteiger partial charge in [-0.25, -0.2) is 0 Å². The van der Waals surface area contributed by atoms with Crippen molar-refractivity contribution in [2.24, 2.45) is 5.73 Å². The first-order valence-corrected chi connectivity index (χ1v) is 6.71. The van der Waals surface area contributed by atoms with E-state index in [1.165, 1.54) is 31.1 Å². The Morgan fingerprint density at radius 3 is 3.11 bits per heavy atom. The number of ether oxygens (including phenoxy) is 1. The number of nitrogens with two attached hydrogens (primary N) is 1. The zero-order valence-corrected chi connectivity index (χ0v) is 11.0. The first kappa shape index (κ1) is 13.1. The standard InChI is InChI=1S/C14H22N2O2/c1-18-14(17)7-4-8-16-9-11-5-2-3-6-13(15)12(11)10-16/h9-10,13H,2-8,15H2,1H3. The highest BCUT2D eigenvalue weighted by Crippen LogP contribution is 2.27. The van der Waals surface area contributed by atoms with Crippen molar-refractivity contribution in [3.05, 3.63) is 23.5 Å². The monoisotopic (exact) mass is 250 g/mol. The Kier molecular flexibility index (Phi) is 4.42. The highest BCUT2D eigenvalue weighted by Gasteiger charge is 2.17. The van der Waals surface area contributed by atoms with Crippen LogP contribution in [0.4, 0.5) is 0 Å². The molecule has 0 bridgehead atoms. The molecule has 1 aromatic rings. The lowest BCUT2D eigenvalue weighted by Gasteiger charge is -2.07. The van der Waals surface area contributed by atoms with E-state index in [-0.39, 0.29) is 12.0 Å². The molecule has 18 heavy (non-hydrogen) atoms. The van der Waals surface area contributed by atoms with Crippen LogP contribution in [0.2, 0.25) is 0 Å². The molecule has 1 atom stereocenters. The Morgan fingerprint density at radius 2 is 2.33 bits per heavy atom. The minimum absolute atomic E-state index is 0.138. The number of hydrogen-bond acceptors (Lipinski definition) is 3. The van der Waals surface area contributed by atoms with Gasteiger partial charge in [-0.1, -0.05) is 6.42 Å². The van der Waals surface area contributed by atoms with Crippen molar-refractivity contribution < 1.29 is 9.53 Å². The van der Waals surface area contributed by atoms with Crippen molar-refractivity contribution in [2.75, 3.05) is 7.11 Å². The van der Waals surface area contributed by atoms with Crippen LogP contribution in [0.15, 0.2) is 12.4 Å². The summed E-state index contributed by atoms with van der Waals surface area (Å²) in [4.78, 5) is 11.0. The fourth-order valence-electron chi connectivity index (χ4n) is 2.59. The van der Waals surface area contributed by atoms with Crippen LogP contribution < -0.4 is 5.73 Å². The zero-order valence-electron chi connectivity index (χ0n) is 11.0. The van der Waals surface area contributed by atoms with Crippen molar-refractivity contribution in [2.45, 2.75) is 51.1 Å². The van der Waals surface area contributed by atoms with Gasteiger partial charge in [0, 0.05) is 31.4 Å². The first-order chi connectivity index (χ1) is 8.70. The van der Waals surface area contributed by atoms with Crippen LogP contribution in [0.25, 0.3) is 0 Å². The van der Waals surface area contributed by atoms with Crippen LogP contribution >= 0.6 is 0 Å². The summed E-state index contributed by atoms with van der Waals surface area (Å²) >= 11 is 0. The number of nitrogens with zero attached hydrogens (tertiary/aromatic N) is 1. The third-order valence-corrected chi connectivity index (χ3v) is 3.63. The van der Waals surface area contributed by atoms with Gasteiger partial charge in [-0.15, -0.1) is 0 Å². The number of methoxy groups -OCH3 is 1.